The smallest absolute Gasteiger partial charge is 0.0253 e. The van der Waals surface area contributed by atoms with Gasteiger partial charge >= 0.3 is 0 Å². The molecule has 1 aliphatic rings. The summed E-state index contributed by atoms with van der Waals surface area (Å²) in [7, 11) is 0. The summed E-state index contributed by atoms with van der Waals surface area (Å²) in [5, 5.41) is 8.16. The first kappa shape index (κ1) is 15.0. The van der Waals surface area contributed by atoms with Gasteiger partial charge in [-0.2, -0.15) is 11.3 Å². The first-order valence-electron chi connectivity index (χ1n) is 7.41. The molecule has 0 spiro atoms. The Hall–Kier alpha value is -0.380. The van der Waals surface area contributed by atoms with Gasteiger partial charge in [-0.25, -0.2) is 0 Å². The van der Waals surface area contributed by atoms with Gasteiger partial charge in [-0.05, 0) is 55.5 Å². The maximum Gasteiger partial charge on any atom is 0.0253 e. The maximum absolute atomic E-state index is 3.69. The van der Waals surface area contributed by atoms with Crippen LogP contribution in [0.3, 0.4) is 0 Å². The van der Waals surface area contributed by atoms with Crippen LogP contribution in [0.5, 0.6) is 0 Å². The van der Waals surface area contributed by atoms with Crippen LogP contribution in [0.25, 0.3) is 0 Å². The van der Waals surface area contributed by atoms with E-state index >= 15 is 0 Å². The predicted octanol–water partition coefficient (Wildman–Crippen LogP) is 3.39. The number of hydrogen-bond donors (Lipinski definition) is 1. The second-order valence-corrected chi connectivity index (χ2v) is 7.71. The molecule has 1 saturated heterocycles. The molecule has 2 heterocycles. The zero-order chi connectivity index (χ0) is 14.0. The molecule has 2 atom stereocenters. The van der Waals surface area contributed by atoms with Gasteiger partial charge in [0.25, 0.3) is 0 Å². The molecule has 19 heavy (non-hydrogen) atoms. The average Bonchev–Trinajstić information content (AvgIpc) is 2.80. The summed E-state index contributed by atoms with van der Waals surface area (Å²) in [6, 6.07) is 3.53. The molecule has 108 valence electrons. The van der Waals surface area contributed by atoms with Crippen LogP contribution < -0.4 is 5.32 Å². The minimum absolute atomic E-state index is 0.230. The van der Waals surface area contributed by atoms with Gasteiger partial charge in [-0.3, -0.25) is 4.90 Å². The number of nitrogens with zero attached hydrogens (tertiary/aromatic N) is 1. The molecule has 1 aliphatic heterocycles. The van der Waals surface area contributed by atoms with E-state index in [9.17, 15) is 0 Å². The number of hydrogen-bond acceptors (Lipinski definition) is 3. The molecular formula is C16H28N2S. The largest absolute Gasteiger partial charge is 0.309 e. The van der Waals surface area contributed by atoms with Crippen LogP contribution >= 0.6 is 11.3 Å². The van der Waals surface area contributed by atoms with Crippen LogP contribution in [0.1, 0.15) is 40.2 Å². The van der Waals surface area contributed by atoms with Crippen molar-refractivity contribution in [3.05, 3.63) is 22.4 Å². The minimum Gasteiger partial charge on any atom is -0.309 e. The molecule has 2 rings (SSSR count). The molecule has 2 nitrogen and oxygen atoms in total. The highest BCUT2D eigenvalue weighted by molar-refractivity contribution is 7.07. The van der Waals surface area contributed by atoms with E-state index in [1.54, 1.807) is 11.3 Å². The summed E-state index contributed by atoms with van der Waals surface area (Å²) < 4.78 is 0. The second-order valence-electron chi connectivity index (χ2n) is 6.93. The lowest BCUT2D eigenvalue weighted by molar-refractivity contribution is 0.0377. The summed E-state index contributed by atoms with van der Waals surface area (Å²) in [5.41, 5.74) is 1.71. The van der Waals surface area contributed by atoms with Crippen molar-refractivity contribution in [2.75, 3.05) is 13.1 Å². The number of piperazine rings is 1. The lowest BCUT2D eigenvalue weighted by atomic mass is 9.90. The molecular weight excluding hydrogens is 252 g/mol. The van der Waals surface area contributed by atoms with Gasteiger partial charge in [0, 0.05) is 30.7 Å². The topological polar surface area (TPSA) is 15.3 Å². The van der Waals surface area contributed by atoms with E-state index in [0.29, 0.717) is 18.0 Å². The van der Waals surface area contributed by atoms with Crippen molar-refractivity contribution >= 4 is 11.3 Å². The van der Waals surface area contributed by atoms with Crippen molar-refractivity contribution in [3.8, 4) is 0 Å². The number of rotatable bonds is 4. The quantitative estimate of drug-likeness (QED) is 0.909. The summed E-state index contributed by atoms with van der Waals surface area (Å²) in [6.07, 6.45) is 1.17. The Kier molecular flexibility index (Phi) is 4.70. The molecule has 0 radical (unpaired) electrons. The van der Waals surface area contributed by atoms with Crippen LogP contribution in [0.15, 0.2) is 16.8 Å². The molecule has 0 aromatic carbocycles. The first-order chi connectivity index (χ1) is 8.89. The van der Waals surface area contributed by atoms with Gasteiger partial charge in [0.15, 0.2) is 0 Å². The zero-order valence-electron chi connectivity index (χ0n) is 12.9. The Morgan fingerprint density at radius 3 is 2.74 bits per heavy atom. The van der Waals surface area contributed by atoms with E-state index < -0.39 is 0 Å². The number of thiophene rings is 1. The molecule has 1 aromatic rings. The summed E-state index contributed by atoms with van der Waals surface area (Å²) in [5.74, 6) is 0.702. The molecule has 0 amide bonds. The minimum atomic E-state index is 0.230. The lowest BCUT2D eigenvalue weighted by Gasteiger charge is -2.49. The predicted molar refractivity (Wildman–Crippen MR) is 84.9 cm³/mol. The highest BCUT2D eigenvalue weighted by Gasteiger charge is 2.36. The van der Waals surface area contributed by atoms with E-state index in [4.69, 9.17) is 0 Å². The molecule has 0 bridgehead atoms. The maximum atomic E-state index is 3.69. The van der Waals surface area contributed by atoms with E-state index in [2.05, 4.69) is 61.7 Å². The molecule has 1 N–H and O–H groups in total. The molecule has 3 heteroatoms. The van der Waals surface area contributed by atoms with Gasteiger partial charge in [-0.1, -0.05) is 13.8 Å². The van der Waals surface area contributed by atoms with E-state index in [0.717, 1.165) is 13.1 Å². The zero-order valence-corrected chi connectivity index (χ0v) is 13.8. The molecule has 1 fully saturated rings. The fraction of sp³-hybridized carbons (Fsp3) is 0.750. The van der Waals surface area contributed by atoms with Gasteiger partial charge in [0.05, 0.1) is 0 Å². The Morgan fingerprint density at radius 1 is 1.42 bits per heavy atom. The van der Waals surface area contributed by atoms with Gasteiger partial charge < -0.3 is 5.32 Å². The standard InChI is InChI=1S/C16H28N2S/c1-12(2)15-9-17-16(4,5)11-18(15)13(3)8-14-6-7-19-10-14/h6-7,10,12-13,15,17H,8-9,11H2,1-5H3. The second kappa shape index (κ2) is 5.94. The van der Waals surface area contributed by atoms with Crippen LogP contribution in [-0.2, 0) is 6.42 Å². The van der Waals surface area contributed by atoms with Gasteiger partial charge in [0.1, 0.15) is 0 Å². The summed E-state index contributed by atoms with van der Waals surface area (Å²) >= 11 is 1.80. The Balaban J connectivity index is 2.08. The van der Waals surface area contributed by atoms with Crippen molar-refractivity contribution < 1.29 is 0 Å². The van der Waals surface area contributed by atoms with Crippen LogP contribution in [-0.4, -0.2) is 35.6 Å². The van der Waals surface area contributed by atoms with Crippen LogP contribution in [0, 0.1) is 5.92 Å². The fourth-order valence-electron chi connectivity index (χ4n) is 3.10. The molecule has 1 aromatic heterocycles. The molecule has 2 unspecified atom stereocenters. The average molecular weight is 280 g/mol. The highest BCUT2D eigenvalue weighted by atomic mass is 32.1. The third kappa shape index (κ3) is 3.80. The molecule has 0 saturated carbocycles. The summed E-state index contributed by atoms with van der Waals surface area (Å²) in [4.78, 5) is 2.72. The van der Waals surface area contributed by atoms with Crippen molar-refractivity contribution in [2.24, 2.45) is 5.92 Å². The Bertz CT molecular complexity index is 383. The van der Waals surface area contributed by atoms with Gasteiger partial charge in [0.2, 0.25) is 0 Å². The highest BCUT2D eigenvalue weighted by Crippen LogP contribution is 2.24. The fourth-order valence-corrected chi connectivity index (χ4v) is 3.78. The number of nitrogens with one attached hydrogen (secondary N) is 1. The molecule has 0 aliphatic carbocycles. The summed E-state index contributed by atoms with van der Waals surface area (Å²) in [6.45, 7) is 13.9. The Morgan fingerprint density at radius 2 is 2.16 bits per heavy atom. The van der Waals surface area contributed by atoms with Crippen molar-refractivity contribution in [3.63, 3.8) is 0 Å². The lowest BCUT2D eigenvalue weighted by Crippen LogP contribution is -2.65. The third-order valence-electron chi connectivity index (χ3n) is 4.24. The van der Waals surface area contributed by atoms with E-state index in [1.807, 2.05) is 0 Å². The first-order valence-corrected chi connectivity index (χ1v) is 8.35. The monoisotopic (exact) mass is 280 g/mol. The Labute approximate surface area is 122 Å². The van der Waals surface area contributed by atoms with Crippen molar-refractivity contribution in [1.29, 1.82) is 0 Å². The third-order valence-corrected chi connectivity index (χ3v) is 4.97. The van der Waals surface area contributed by atoms with Crippen LogP contribution in [0.4, 0.5) is 0 Å². The normalized spacial score (nSPS) is 25.7. The van der Waals surface area contributed by atoms with E-state index in [-0.39, 0.29) is 5.54 Å². The van der Waals surface area contributed by atoms with E-state index in [1.165, 1.54) is 12.0 Å². The van der Waals surface area contributed by atoms with Gasteiger partial charge in [-0.15, -0.1) is 0 Å². The van der Waals surface area contributed by atoms with Crippen molar-refractivity contribution in [2.45, 2.75) is 58.7 Å². The van der Waals surface area contributed by atoms with Crippen molar-refractivity contribution in [1.82, 2.24) is 10.2 Å². The van der Waals surface area contributed by atoms with Crippen LogP contribution in [0.2, 0.25) is 0 Å². The SMILES string of the molecule is CC(C)C1CNC(C)(C)CN1C(C)Cc1ccsc1.